The van der Waals surface area contributed by atoms with Gasteiger partial charge in [0.15, 0.2) is 11.5 Å². The predicted octanol–water partition coefficient (Wildman–Crippen LogP) is 4.39. The summed E-state index contributed by atoms with van der Waals surface area (Å²) in [5.74, 6) is -0.376. The number of nitrogens with one attached hydrogen (secondary N) is 1. The SMILES string of the molecule is CCCOc1cccc(/C(O)=C2\C(=O)C(=O)N(c3nc4cc(OC)c(OC)cc4[nH]3)C2c2cccnc2)c1. The summed E-state index contributed by atoms with van der Waals surface area (Å²) in [6, 6.07) is 12.6. The van der Waals surface area contributed by atoms with Gasteiger partial charge >= 0.3 is 5.91 Å². The molecule has 194 valence electrons. The minimum atomic E-state index is -0.978. The normalized spacial score (nSPS) is 16.7. The van der Waals surface area contributed by atoms with Crippen LogP contribution in [-0.2, 0) is 9.59 Å². The molecular weight excluding hydrogens is 488 g/mol. The van der Waals surface area contributed by atoms with Crippen molar-refractivity contribution in [3.8, 4) is 17.2 Å². The molecule has 1 aliphatic rings. The van der Waals surface area contributed by atoms with E-state index in [0.717, 1.165) is 6.42 Å². The zero-order valence-corrected chi connectivity index (χ0v) is 21.1. The fraction of sp³-hybridized carbons (Fsp3) is 0.214. The van der Waals surface area contributed by atoms with E-state index in [2.05, 4.69) is 15.0 Å². The number of rotatable bonds is 8. The third-order valence-corrected chi connectivity index (χ3v) is 6.23. The third kappa shape index (κ3) is 4.30. The highest BCUT2D eigenvalue weighted by Crippen LogP contribution is 2.42. The van der Waals surface area contributed by atoms with Crippen molar-refractivity contribution < 1.29 is 28.9 Å². The summed E-state index contributed by atoms with van der Waals surface area (Å²) < 4.78 is 16.4. The van der Waals surface area contributed by atoms with Crippen molar-refractivity contribution in [2.24, 2.45) is 0 Å². The summed E-state index contributed by atoms with van der Waals surface area (Å²) in [5, 5.41) is 11.4. The Bertz CT molecular complexity index is 1500. The number of aliphatic hydroxyl groups is 1. The van der Waals surface area contributed by atoms with Gasteiger partial charge in [0.05, 0.1) is 43.5 Å². The summed E-state index contributed by atoms with van der Waals surface area (Å²) in [5.41, 5.74) is 1.88. The van der Waals surface area contributed by atoms with Crippen molar-refractivity contribution in [2.45, 2.75) is 19.4 Å². The van der Waals surface area contributed by atoms with Crippen molar-refractivity contribution >= 4 is 34.4 Å². The van der Waals surface area contributed by atoms with Crippen LogP contribution in [-0.4, -0.2) is 52.6 Å². The van der Waals surface area contributed by atoms with E-state index in [0.29, 0.717) is 46.0 Å². The van der Waals surface area contributed by atoms with Gasteiger partial charge in [-0.1, -0.05) is 25.1 Å². The molecule has 0 radical (unpaired) electrons. The second kappa shape index (κ2) is 10.3. The van der Waals surface area contributed by atoms with Crippen LogP contribution < -0.4 is 19.1 Å². The number of ketones is 1. The van der Waals surface area contributed by atoms with Crippen LogP contribution in [0.3, 0.4) is 0 Å². The van der Waals surface area contributed by atoms with Gasteiger partial charge in [0.2, 0.25) is 5.95 Å². The highest BCUT2D eigenvalue weighted by atomic mass is 16.5. The number of amides is 1. The fourth-order valence-corrected chi connectivity index (χ4v) is 4.45. The minimum absolute atomic E-state index is 0.0775. The number of pyridine rings is 1. The van der Waals surface area contributed by atoms with Crippen molar-refractivity contribution in [3.05, 3.63) is 77.6 Å². The van der Waals surface area contributed by atoms with E-state index in [1.54, 1.807) is 60.9 Å². The summed E-state index contributed by atoms with van der Waals surface area (Å²) in [4.78, 5) is 40.0. The number of aromatic amines is 1. The number of Topliss-reactive ketones (excluding diaryl/α,β-unsaturated/α-hetero) is 1. The zero-order chi connectivity index (χ0) is 26.8. The lowest BCUT2D eigenvalue weighted by Gasteiger charge is -2.22. The van der Waals surface area contributed by atoms with E-state index in [9.17, 15) is 14.7 Å². The van der Waals surface area contributed by atoms with Crippen LogP contribution in [0.2, 0.25) is 0 Å². The smallest absolute Gasteiger partial charge is 0.302 e. The number of benzene rings is 2. The zero-order valence-electron chi connectivity index (χ0n) is 21.1. The minimum Gasteiger partial charge on any atom is -0.507 e. The number of hydrogen-bond acceptors (Lipinski definition) is 8. The Morgan fingerprint density at radius 3 is 2.58 bits per heavy atom. The Morgan fingerprint density at radius 1 is 1.08 bits per heavy atom. The Balaban J connectivity index is 1.67. The van der Waals surface area contributed by atoms with E-state index >= 15 is 0 Å². The average Bonchev–Trinajstić information content (AvgIpc) is 3.48. The molecule has 2 aromatic heterocycles. The Kier molecular flexibility index (Phi) is 6.69. The summed E-state index contributed by atoms with van der Waals surface area (Å²) >= 11 is 0. The van der Waals surface area contributed by atoms with Gasteiger partial charge < -0.3 is 24.3 Å². The molecule has 10 heteroatoms. The van der Waals surface area contributed by atoms with Crippen LogP contribution in [0.1, 0.15) is 30.5 Å². The third-order valence-electron chi connectivity index (χ3n) is 6.23. The first-order valence-corrected chi connectivity index (χ1v) is 12.0. The van der Waals surface area contributed by atoms with E-state index in [-0.39, 0.29) is 17.3 Å². The van der Waals surface area contributed by atoms with Crippen molar-refractivity contribution in [2.75, 3.05) is 25.7 Å². The van der Waals surface area contributed by atoms with Gasteiger partial charge in [-0.05, 0) is 30.2 Å². The number of ether oxygens (including phenoxy) is 3. The number of H-pyrrole nitrogens is 1. The number of imidazole rings is 1. The largest absolute Gasteiger partial charge is 0.507 e. The molecule has 38 heavy (non-hydrogen) atoms. The maximum absolute atomic E-state index is 13.4. The topological polar surface area (TPSA) is 127 Å². The summed E-state index contributed by atoms with van der Waals surface area (Å²) in [6.45, 7) is 2.50. The molecule has 3 heterocycles. The first kappa shape index (κ1) is 24.8. The van der Waals surface area contributed by atoms with Gasteiger partial charge in [-0.2, -0.15) is 0 Å². The molecule has 1 aliphatic heterocycles. The number of methoxy groups -OCH3 is 2. The molecule has 5 rings (SSSR count). The molecule has 1 unspecified atom stereocenters. The van der Waals surface area contributed by atoms with Crippen LogP contribution in [0.4, 0.5) is 5.95 Å². The fourth-order valence-electron chi connectivity index (χ4n) is 4.45. The number of hydrogen-bond donors (Lipinski definition) is 2. The molecule has 10 nitrogen and oxygen atoms in total. The van der Waals surface area contributed by atoms with Gasteiger partial charge in [-0.3, -0.25) is 19.5 Å². The second-order valence-electron chi connectivity index (χ2n) is 8.62. The predicted molar refractivity (Wildman–Crippen MR) is 140 cm³/mol. The molecule has 1 atom stereocenters. The molecule has 2 N–H and O–H groups in total. The Labute approximate surface area is 218 Å². The van der Waals surface area contributed by atoms with Crippen LogP contribution in [0, 0.1) is 0 Å². The number of fused-ring (bicyclic) bond motifs is 1. The van der Waals surface area contributed by atoms with Crippen LogP contribution in [0.25, 0.3) is 16.8 Å². The molecule has 2 aromatic carbocycles. The molecule has 0 aliphatic carbocycles. The quantitative estimate of drug-likeness (QED) is 0.201. The average molecular weight is 515 g/mol. The Hall–Kier alpha value is -4.86. The van der Waals surface area contributed by atoms with Gasteiger partial charge in [0, 0.05) is 30.1 Å². The molecule has 1 saturated heterocycles. The van der Waals surface area contributed by atoms with Crippen LogP contribution >= 0.6 is 0 Å². The molecule has 1 fully saturated rings. The Morgan fingerprint density at radius 2 is 1.87 bits per heavy atom. The summed E-state index contributed by atoms with van der Waals surface area (Å²) in [6.07, 6.45) is 3.95. The molecule has 4 aromatic rings. The van der Waals surface area contributed by atoms with E-state index < -0.39 is 17.7 Å². The molecular formula is C28H26N4O6. The monoisotopic (exact) mass is 514 g/mol. The lowest BCUT2D eigenvalue weighted by Crippen LogP contribution is -2.30. The molecule has 0 saturated carbocycles. The lowest BCUT2D eigenvalue weighted by molar-refractivity contribution is -0.132. The summed E-state index contributed by atoms with van der Waals surface area (Å²) in [7, 11) is 3.03. The van der Waals surface area contributed by atoms with Gasteiger partial charge in [-0.25, -0.2) is 4.98 Å². The van der Waals surface area contributed by atoms with Crippen molar-refractivity contribution in [1.82, 2.24) is 15.0 Å². The van der Waals surface area contributed by atoms with Crippen molar-refractivity contribution in [3.63, 3.8) is 0 Å². The molecule has 1 amide bonds. The van der Waals surface area contributed by atoms with Gasteiger partial charge in [0.25, 0.3) is 5.78 Å². The van der Waals surface area contributed by atoms with Gasteiger partial charge in [-0.15, -0.1) is 0 Å². The second-order valence-corrected chi connectivity index (χ2v) is 8.62. The number of aliphatic hydroxyl groups excluding tert-OH is 1. The number of nitrogens with zero attached hydrogens (tertiary/aromatic N) is 3. The van der Waals surface area contributed by atoms with E-state index in [4.69, 9.17) is 14.2 Å². The van der Waals surface area contributed by atoms with Crippen LogP contribution in [0.15, 0.2) is 66.5 Å². The van der Waals surface area contributed by atoms with Gasteiger partial charge in [0.1, 0.15) is 11.5 Å². The first-order chi connectivity index (χ1) is 18.5. The highest BCUT2D eigenvalue weighted by molar-refractivity contribution is 6.51. The number of aromatic nitrogens is 3. The number of anilines is 1. The van der Waals surface area contributed by atoms with Crippen LogP contribution in [0.5, 0.6) is 17.2 Å². The van der Waals surface area contributed by atoms with E-state index in [1.807, 2.05) is 6.92 Å². The number of carbonyl (C=O) groups is 2. The maximum atomic E-state index is 13.4. The van der Waals surface area contributed by atoms with E-state index in [1.165, 1.54) is 19.1 Å². The first-order valence-electron chi connectivity index (χ1n) is 12.0. The lowest BCUT2D eigenvalue weighted by atomic mass is 9.96. The van der Waals surface area contributed by atoms with Crippen molar-refractivity contribution in [1.29, 1.82) is 0 Å². The molecule has 0 bridgehead atoms. The number of carbonyl (C=O) groups excluding carboxylic acids is 2. The molecule has 0 spiro atoms. The highest BCUT2D eigenvalue weighted by Gasteiger charge is 2.48. The standard InChI is InChI=1S/C28H26N4O6/c1-4-11-38-18-9-5-7-16(12-18)25(33)23-24(17-8-6-10-29-15-17)32(27(35)26(23)34)28-30-19-13-21(36-2)22(37-3)14-20(19)31-28/h5-10,12-15,24,33H,4,11H2,1-3H3,(H,30,31)/b25-23+. The maximum Gasteiger partial charge on any atom is 0.302 e.